The van der Waals surface area contributed by atoms with Crippen molar-refractivity contribution >= 4 is 0 Å². The molecule has 0 saturated heterocycles. The van der Waals surface area contributed by atoms with Crippen molar-refractivity contribution < 1.29 is 0 Å². The maximum atomic E-state index is 3.67. The lowest BCUT2D eigenvalue weighted by molar-refractivity contribution is 0.320. The fourth-order valence-corrected chi connectivity index (χ4v) is 3.73. The van der Waals surface area contributed by atoms with Gasteiger partial charge in [-0.15, -0.1) is 0 Å². The Morgan fingerprint density at radius 1 is 1.15 bits per heavy atom. The number of aryl methyl sites for hydroxylation is 2. The smallest absolute Gasteiger partial charge is 0.00147 e. The molecule has 0 spiro atoms. The minimum Gasteiger partial charge on any atom is -0.316 e. The largest absolute Gasteiger partial charge is 0.316 e. The van der Waals surface area contributed by atoms with Gasteiger partial charge in [-0.2, -0.15) is 0 Å². The molecule has 1 unspecified atom stereocenters. The predicted octanol–water partition coefficient (Wildman–Crippen LogP) is 4.65. The summed E-state index contributed by atoms with van der Waals surface area (Å²) < 4.78 is 0. The van der Waals surface area contributed by atoms with Crippen LogP contribution < -0.4 is 5.32 Å². The molecular weight excluding hydrogens is 242 g/mol. The summed E-state index contributed by atoms with van der Waals surface area (Å²) in [6.07, 6.45) is 8.29. The zero-order chi connectivity index (χ0) is 14.4. The maximum absolute atomic E-state index is 3.67. The molecule has 1 nitrogen and oxygen atoms in total. The van der Waals surface area contributed by atoms with Crippen LogP contribution in [0.3, 0.4) is 0 Å². The molecule has 1 heteroatoms. The topological polar surface area (TPSA) is 12.0 Å². The lowest BCUT2D eigenvalue weighted by atomic mass is 9.83. The van der Waals surface area contributed by atoms with Gasteiger partial charge in [0.15, 0.2) is 0 Å². The summed E-state index contributed by atoms with van der Waals surface area (Å²) in [4.78, 5) is 0. The summed E-state index contributed by atoms with van der Waals surface area (Å²) in [6.45, 7) is 9.16. The van der Waals surface area contributed by atoms with E-state index in [9.17, 15) is 0 Å². The van der Waals surface area contributed by atoms with Crippen LogP contribution >= 0.6 is 0 Å². The van der Waals surface area contributed by atoms with Gasteiger partial charge in [-0.3, -0.25) is 0 Å². The monoisotopic (exact) mass is 273 g/mol. The number of hydrogen-bond acceptors (Lipinski definition) is 1. The second-order valence-corrected chi connectivity index (χ2v) is 6.58. The van der Waals surface area contributed by atoms with Gasteiger partial charge in [0, 0.05) is 0 Å². The molecule has 0 heterocycles. The van der Waals surface area contributed by atoms with Crippen molar-refractivity contribution in [2.75, 3.05) is 13.1 Å². The number of nitrogens with one attached hydrogen (secondary N) is 1. The van der Waals surface area contributed by atoms with Crippen LogP contribution in [-0.2, 0) is 6.42 Å². The SMILES string of the molecule is CCCNCC(Cc1c(C)cccc1C)C1CCCC1. The molecule has 2 rings (SSSR count). The van der Waals surface area contributed by atoms with E-state index in [0.29, 0.717) is 0 Å². The summed E-state index contributed by atoms with van der Waals surface area (Å²) in [6, 6.07) is 6.73. The molecule has 1 atom stereocenters. The molecule has 1 aromatic carbocycles. The molecule has 1 aromatic rings. The Morgan fingerprint density at radius 3 is 2.40 bits per heavy atom. The van der Waals surface area contributed by atoms with Crippen LogP contribution in [-0.4, -0.2) is 13.1 Å². The number of benzene rings is 1. The maximum Gasteiger partial charge on any atom is -0.00147 e. The molecule has 1 saturated carbocycles. The van der Waals surface area contributed by atoms with Crippen molar-refractivity contribution in [1.29, 1.82) is 0 Å². The average Bonchev–Trinajstić information content (AvgIpc) is 2.95. The van der Waals surface area contributed by atoms with Gasteiger partial charge in [0.1, 0.15) is 0 Å². The highest BCUT2D eigenvalue weighted by molar-refractivity contribution is 5.33. The van der Waals surface area contributed by atoms with Crippen molar-refractivity contribution in [3.63, 3.8) is 0 Å². The van der Waals surface area contributed by atoms with Crippen molar-refractivity contribution in [2.24, 2.45) is 11.8 Å². The van der Waals surface area contributed by atoms with Crippen molar-refractivity contribution in [3.8, 4) is 0 Å². The highest BCUT2D eigenvalue weighted by atomic mass is 14.9. The van der Waals surface area contributed by atoms with E-state index in [1.54, 1.807) is 5.56 Å². The third kappa shape index (κ3) is 4.09. The molecule has 1 aliphatic carbocycles. The van der Waals surface area contributed by atoms with Gasteiger partial charge >= 0.3 is 0 Å². The molecule has 20 heavy (non-hydrogen) atoms. The van der Waals surface area contributed by atoms with Crippen LogP contribution in [0.2, 0.25) is 0 Å². The minimum atomic E-state index is 0.823. The second kappa shape index (κ2) is 7.83. The van der Waals surface area contributed by atoms with E-state index in [1.807, 2.05) is 0 Å². The molecule has 0 aliphatic heterocycles. The molecule has 1 aliphatic rings. The Balaban J connectivity index is 2.05. The molecule has 1 fully saturated rings. The molecule has 0 radical (unpaired) electrons. The summed E-state index contributed by atoms with van der Waals surface area (Å²) in [5.74, 6) is 1.77. The Hall–Kier alpha value is -0.820. The molecular formula is C19H31N. The lowest BCUT2D eigenvalue weighted by Gasteiger charge is -2.25. The number of rotatable bonds is 7. The van der Waals surface area contributed by atoms with Gasteiger partial charge < -0.3 is 5.32 Å². The molecule has 0 amide bonds. The first-order chi connectivity index (χ1) is 9.72. The third-order valence-corrected chi connectivity index (χ3v) is 5.01. The first-order valence-electron chi connectivity index (χ1n) is 8.48. The Morgan fingerprint density at radius 2 is 1.80 bits per heavy atom. The van der Waals surface area contributed by atoms with E-state index in [2.05, 4.69) is 44.3 Å². The van der Waals surface area contributed by atoms with Gasteiger partial charge in [-0.1, -0.05) is 50.8 Å². The van der Waals surface area contributed by atoms with E-state index >= 15 is 0 Å². The second-order valence-electron chi connectivity index (χ2n) is 6.58. The predicted molar refractivity (Wildman–Crippen MR) is 88.2 cm³/mol. The molecule has 112 valence electrons. The van der Waals surface area contributed by atoms with Gasteiger partial charge in [0.25, 0.3) is 0 Å². The van der Waals surface area contributed by atoms with Gasteiger partial charge in [0.2, 0.25) is 0 Å². The van der Waals surface area contributed by atoms with Gasteiger partial charge in [-0.25, -0.2) is 0 Å². The Bertz CT molecular complexity index is 384. The number of hydrogen-bond donors (Lipinski definition) is 1. The quantitative estimate of drug-likeness (QED) is 0.713. The van der Waals surface area contributed by atoms with Crippen molar-refractivity contribution in [1.82, 2.24) is 5.32 Å². The highest BCUT2D eigenvalue weighted by Crippen LogP contribution is 2.34. The van der Waals surface area contributed by atoms with Crippen LogP contribution in [0.1, 0.15) is 55.7 Å². The van der Waals surface area contributed by atoms with E-state index in [1.165, 1.54) is 56.2 Å². The third-order valence-electron chi connectivity index (χ3n) is 5.01. The van der Waals surface area contributed by atoms with Crippen LogP contribution in [0.4, 0.5) is 0 Å². The Kier molecular flexibility index (Phi) is 6.09. The summed E-state index contributed by atoms with van der Waals surface area (Å²) in [5.41, 5.74) is 4.55. The summed E-state index contributed by atoms with van der Waals surface area (Å²) >= 11 is 0. The summed E-state index contributed by atoms with van der Waals surface area (Å²) in [7, 11) is 0. The fraction of sp³-hybridized carbons (Fsp3) is 0.684. The summed E-state index contributed by atoms with van der Waals surface area (Å²) in [5, 5.41) is 3.67. The molecule has 0 aromatic heterocycles. The van der Waals surface area contributed by atoms with E-state index in [-0.39, 0.29) is 0 Å². The van der Waals surface area contributed by atoms with Crippen molar-refractivity contribution in [2.45, 2.75) is 59.3 Å². The molecule has 1 N–H and O–H groups in total. The van der Waals surface area contributed by atoms with Crippen LogP contribution in [0.5, 0.6) is 0 Å². The lowest BCUT2D eigenvalue weighted by Crippen LogP contribution is -2.29. The van der Waals surface area contributed by atoms with Crippen molar-refractivity contribution in [3.05, 3.63) is 34.9 Å². The average molecular weight is 273 g/mol. The van der Waals surface area contributed by atoms with E-state index in [4.69, 9.17) is 0 Å². The standard InChI is InChI=1S/C19H31N/c1-4-12-20-14-18(17-10-5-6-11-17)13-19-15(2)8-7-9-16(19)3/h7-9,17-18,20H,4-6,10-14H2,1-3H3. The zero-order valence-corrected chi connectivity index (χ0v) is 13.5. The van der Waals surface area contributed by atoms with Gasteiger partial charge in [-0.05, 0) is 68.3 Å². The fourth-order valence-electron chi connectivity index (χ4n) is 3.73. The van der Waals surface area contributed by atoms with E-state index < -0.39 is 0 Å². The van der Waals surface area contributed by atoms with Crippen LogP contribution in [0, 0.1) is 25.7 Å². The first-order valence-corrected chi connectivity index (χ1v) is 8.48. The highest BCUT2D eigenvalue weighted by Gasteiger charge is 2.25. The van der Waals surface area contributed by atoms with E-state index in [0.717, 1.165) is 18.4 Å². The Labute approximate surface area is 125 Å². The molecule has 0 bridgehead atoms. The van der Waals surface area contributed by atoms with Gasteiger partial charge in [0.05, 0.1) is 0 Å². The van der Waals surface area contributed by atoms with Crippen LogP contribution in [0.25, 0.3) is 0 Å². The van der Waals surface area contributed by atoms with Crippen LogP contribution in [0.15, 0.2) is 18.2 Å². The zero-order valence-electron chi connectivity index (χ0n) is 13.5. The normalized spacial score (nSPS) is 17.6. The minimum absolute atomic E-state index is 0.823. The first kappa shape index (κ1) is 15.6.